The van der Waals surface area contributed by atoms with E-state index >= 15 is 0 Å². The Bertz CT molecular complexity index is 1160. The highest BCUT2D eigenvalue weighted by atomic mass is 16.5. The average Bonchev–Trinajstić information content (AvgIpc) is 3.25. The zero-order valence-electron chi connectivity index (χ0n) is 19.0. The van der Waals surface area contributed by atoms with Crippen LogP contribution in [0.1, 0.15) is 28.5 Å². The molecule has 166 valence electrons. The average molecular weight is 433 g/mol. The van der Waals surface area contributed by atoms with Crippen molar-refractivity contribution < 1.29 is 14.3 Å². The van der Waals surface area contributed by atoms with Crippen LogP contribution in [0.4, 0.5) is 0 Å². The molecule has 1 aliphatic heterocycles. The van der Waals surface area contributed by atoms with E-state index in [1.54, 1.807) is 28.5 Å². The number of amides is 2. The first-order valence-corrected chi connectivity index (χ1v) is 10.7. The number of methoxy groups -OCH3 is 1. The number of benzene rings is 2. The molecule has 0 unspecified atom stereocenters. The summed E-state index contributed by atoms with van der Waals surface area (Å²) in [4.78, 5) is 28.8. The molecule has 1 saturated heterocycles. The lowest BCUT2D eigenvalue weighted by atomic mass is 10.1. The van der Waals surface area contributed by atoms with Crippen molar-refractivity contribution in [2.45, 2.75) is 20.8 Å². The van der Waals surface area contributed by atoms with E-state index in [2.05, 4.69) is 0 Å². The van der Waals surface area contributed by atoms with E-state index in [1.165, 1.54) is 0 Å². The molecule has 1 aliphatic rings. The quantitative estimate of drug-likeness (QED) is 0.633. The highest BCUT2D eigenvalue weighted by molar-refractivity contribution is 5.94. The summed E-state index contributed by atoms with van der Waals surface area (Å²) in [5.41, 5.74) is 5.10. The van der Waals surface area contributed by atoms with E-state index in [0.29, 0.717) is 37.6 Å². The maximum absolute atomic E-state index is 13.6. The number of ether oxygens (including phenoxy) is 1. The van der Waals surface area contributed by atoms with Gasteiger partial charge >= 0.3 is 0 Å². The number of hydrogen-bond donors (Lipinski definition) is 0. The predicted octanol–water partition coefficient (Wildman–Crippen LogP) is 3.47. The molecule has 2 heterocycles. The van der Waals surface area contributed by atoms with Crippen molar-refractivity contribution in [2.75, 3.05) is 33.3 Å². The molecule has 0 aliphatic carbocycles. The van der Waals surface area contributed by atoms with Gasteiger partial charge in [-0.15, -0.1) is 0 Å². The molecule has 0 atom stereocenters. The van der Waals surface area contributed by atoms with E-state index in [0.717, 1.165) is 28.1 Å². The summed E-state index contributed by atoms with van der Waals surface area (Å²) in [6, 6.07) is 15.6. The Balaban J connectivity index is 1.76. The van der Waals surface area contributed by atoms with Crippen LogP contribution in [0.25, 0.3) is 16.9 Å². The lowest BCUT2D eigenvalue weighted by Gasteiger charge is -2.34. The molecule has 32 heavy (non-hydrogen) atoms. The molecule has 7 nitrogen and oxygen atoms in total. The Morgan fingerprint density at radius 3 is 2.34 bits per heavy atom. The van der Waals surface area contributed by atoms with Crippen molar-refractivity contribution in [1.29, 1.82) is 0 Å². The third kappa shape index (κ3) is 4.23. The molecule has 3 aromatic rings. The fourth-order valence-electron chi connectivity index (χ4n) is 3.97. The van der Waals surface area contributed by atoms with Crippen LogP contribution in [0.15, 0.2) is 48.5 Å². The summed E-state index contributed by atoms with van der Waals surface area (Å²) >= 11 is 0. The molecule has 1 fully saturated rings. The van der Waals surface area contributed by atoms with Crippen LogP contribution in [0, 0.1) is 13.8 Å². The summed E-state index contributed by atoms with van der Waals surface area (Å²) in [6.07, 6.45) is 0. The van der Waals surface area contributed by atoms with Gasteiger partial charge in [-0.2, -0.15) is 5.10 Å². The first-order valence-electron chi connectivity index (χ1n) is 10.7. The summed E-state index contributed by atoms with van der Waals surface area (Å²) < 4.78 is 7.11. The largest absolute Gasteiger partial charge is 0.497 e. The van der Waals surface area contributed by atoms with Crippen LogP contribution in [0.2, 0.25) is 0 Å². The number of piperazine rings is 1. The summed E-state index contributed by atoms with van der Waals surface area (Å²) in [7, 11) is 1.63. The van der Waals surface area contributed by atoms with Crippen LogP contribution in [0.5, 0.6) is 5.75 Å². The smallest absolute Gasteiger partial charge is 0.272 e. The number of rotatable bonds is 4. The third-order valence-electron chi connectivity index (χ3n) is 5.90. The SMILES string of the molecule is COc1cccc(-c2cc(C(=O)N3CCN(C(C)=O)CC3)n(-c3cc(C)ccc3C)n2)c1. The Morgan fingerprint density at radius 1 is 0.938 bits per heavy atom. The van der Waals surface area contributed by atoms with Gasteiger partial charge in [-0.05, 0) is 49.2 Å². The van der Waals surface area contributed by atoms with Crippen LogP contribution >= 0.6 is 0 Å². The summed E-state index contributed by atoms with van der Waals surface area (Å²) in [5, 5.41) is 4.84. The lowest BCUT2D eigenvalue weighted by Crippen LogP contribution is -2.50. The first kappa shape index (κ1) is 21.6. The number of carbonyl (C=O) groups excluding carboxylic acids is 2. The Hall–Kier alpha value is -3.61. The van der Waals surface area contributed by atoms with Gasteiger partial charge in [0.2, 0.25) is 5.91 Å². The second kappa shape index (κ2) is 8.86. The minimum Gasteiger partial charge on any atom is -0.497 e. The molecule has 0 spiro atoms. The van der Waals surface area contributed by atoms with E-state index in [1.807, 2.05) is 62.4 Å². The van der Waals surface area contributed by atoms with Crippen LogP contribution in [0.3, 0.4) is 0 Å². The number of aryl methyl sites for hydroxylation is 2. The molecular formula is C25H28N4O3. The standard InChI is InChI=1S/C25H28N4O3/c1-17-8-9-18(2)23(14-17)29-24(25(31)28-12-10-27(11-13-28)19(3)30)16-22(26-29)20-6-5-7-21(15-20)32-4/h5-9,14-16H,10-13H2,1-4H3. The van der Waals surface area contributed by atoms with Crippen molar-refractivity contribution in [3.05, 3.63) is 65.4 Å². The molecule has 2 amide bonds. The minimum absolute atomic E-state index is 0.0397. The van der Waals surface area contributed by atoms with Crippen LogP contribution < -0.4 is 4.74 Å². The van der Waals surface area contributed by atoms with E-state index in [4.69, 9.17) is 9.84 Å². The third-order valence-corrected chi connectivity index (χ3v) is 5.90. The van der Waals surface area contributed by atoms with Crippen molar-refractivity contribution in [2.24, 2.45) is 0 Å². The van der Waals surface area contributed by atoms with Gasteiger partial charge in [0.05, 0.1) is 18.5 Å². The molecule has 2 aromatic carbocycles. The normalized spacial score (nSPS) is 13.9. The molecule has 0 N–H and O–H groups in total. The monoisotopic (exact) mass is 432 g/mol. The molecule has 0 saturated carbocycles. The Labute approximate surface area is 188 Å². The number of carbonyl (C=O) groups is 2. The van der Waals surface area contributed by atoms with Crippen LogP contribution in [-0.2, 0) is 4.79 Å². The highest BCUT2D eigenvalue weighted by Gasteiger charge is 2.27. The fraction of sp³-hybridized carbons (Fsp3) is 0.320. The van der Waals surface area contributed by atoms with E-state index in [-0.39, 0.29) is 11.8 Å². The van der Waals surface area contributed by atoms with Gasteiger partial charge in [-0.3, -0.25) is 9.59 Å². The predicted molar refractivity (Wildman–Crippen MR) is 123 cm³/mol. The van der Waals surface area contributed by atoms with Gasteiger partial charge in [0.1, 0.15) is 11.4 Å². The fourth-order valence-corrected chi connectivity index (χ4v) is 3.97. The van der Waals surface area contributed by atoms with E-state index < -0.39 is 0 Å². The van der Waals surface area contributed by atoms with Gasteiger partial charge in [0, 0.05) is 38.7 Å². The van der Waals surface area contributed by atoms with Gasteiger partial charge < -0.3 is 14.5 Å². The topological polar surface area (TPSA) is 67.7 Å². The molecule has 4 rings (SSSR count). The van der Waals surface area contributed by atoms with Crippen LogP contribution in [-0.4, -0.2) is 64.7 Å². The number of aromatic nitrogens is 2. The van der Waals surface area contributed by atoms with Crippen molar-refractivity contribution in [3.63, 3.8) is 0 Å². The van der Waals surface area contributed by atoms with E-state index in [9.17, 15) is 9.59 Å². The second-order valence-corrected chi connectivity index (χ2v) is 8.15. The first-order chi connectivity index (χ1) is 15.4. The number of nitrogens with zero attached hydrogens (tertiary/aromatic N) is 4. The van der Waals surface area contributed by atoms with Crippen molar-refractivity contribution in [3.8, 4) is 22.7 Å². The zero-order valence-corrected chi connectivity index (χ0v) is 19.0. The number of hydrogen-bond acceptors (Lipinski definition) is 4. The highest BCUT2D eigenvalue weighted by Crippen LogP contribution is 2.27. The van der Waals surface area contributed by atoms with Gasteiger partial charge in [0.25, 0.3) is 5.91 Å². The van der Waals surface area contributed by atoms with Gasteiger partial charge in [-0.1, -0.05) is 24.3 Å². The van der Waals surface area contributed by atoms with Crippen molar-refractivity contribution in [1.82, 2.24) is 19.6 Å². The minimum atomic E-state index is -0.0873. The Morgan fingerprint density at radius 2 is 1.66 bits per heavy atom. The maximum Gasteiger partial charge on any atom is 0.272 e. The molecular weight excluding hydrogens is 404 g/mol. The molecule has 0 radical (unpaired) electrons. The molecule has 1 aromatic heterocycles. The van der Waals surface area contributed by atoms with Crippen molar-refractivity contribution >= 4 is 11.8 Å². The Kier molecular flexibility index (Phi) is 5.99. The van der Waals surface area contributed by atoms with Gasteiger partial charge in [-0.25, -0.2) is 4.68 Å². The molecule has 0 bridgehead atoms. The molecule has 7 heteroatoms. The zero-order chi connectivity index (χ0) is 22.8. The maximum atomic E-state index is 13.6. The summed E-state index contributed by atoms with van der Waals surface area (Å²) in [6.45, 7) is 7.70. The second-order valence-electron chi connectivity index (χ2n) is 8.15. The van der Waals surface area contributed by atoms with Gasteiger partial charge in [0.15, 0.2) is 0 Å². The summed E-state index contributed by atoms with van der Waals surface area (Å²) in [5.74, 6) is 0.686. The lowest BCUT2D eigenvalue weighted by molar-refractivity contribution is -0.130.